The summed E-state index contributed by atoms with van der Waals surface area (Å²) in [5.74, 6) is -5.54. The average Bonchev–Trinajstić information content (AvgIpc) is 2.66. The van der Waals surface area contributed by atoms with Crippen molar-refractivity contribution in [1.82, 2.24) is 9.97 Å². The molecule has 0 fully saturated rings. The monoisotopic (exact) mass is 256 g/mol. The smallest absolute Gasteiger partial charge is 0.353 e. The van der Waals surface area contributed by atoms with Crippen molar-refractivity contribution in [3.63, 3.8) is 0 Å². The number of ether oxygens (including phenoxy) is 1. The lowest BCUT2D eigenvalue weighted by Crippen LogP contribution is -2.32. The van der Waals surface area contributed by atoms with Crippen LogP contribution in [-0.2, 0) is 11.3 Å². The van der Waals surface area contributed by atoms with Crippen molar-refractivity contribution in [2.24, 2.45) is 0 Å². The number of aromatic nitrogens is 2. The van der Waals surface area contributed by atoms with Crippen LogP contribution in [0.5, 0.6) is 0 Å². The lowest BCUT2D eigenvalue weighted by Gasteiger charge is -2.14. The minimum absolute atomic E-state index is 0.0348. The van der Waals surface area contributed by atoms with Crippen molar-refractivity contribution in [3.8, 4) is 0 Å². The van der Waals surface area contributed by atoms with Gasteiger partial charge in [-0.25, -0.2) is 18.6 Å². The van der Waals surface area contributed by atoms with Crippen LogP contribution in [0.2, 0.25) is 0 Å². The van der Waals surface area contributed by atoms with E-state index in [0.717, 1.165) is 6.20 Å². The predicted molar refractivity (Wildman–Crippen MR) is 46.2 cm³/mol. The number of carboxylic acid groups (broad SMARTS) is 1. The Morgan fingerprint density at radius 1 is 1.59 bits per heavy atom. The van der Waals surface area contributed by atoms with E-state index in [1.807, 2.05) is 0 Å². The zero-order chi connectivity index (χ0) is 13.1. The van der Waals surface area contributed by atoms with Gasteiger partial charge in [-0.05, 0) is 0 Å². The Morgan fingerprint density at radius 3 is 2.71 bits per heavy atom. The van der Waals surface area contributed by atoms with E-state index >= 15 is 0 Å². The standard InChI is InChI=1S/C8H8F4N2O3/c9-7(10)8(11,12)3-17-2-5-13-1-4(14-5)6(15)16/h1,7H,2-3H2,(H,13,14)(H,15,16). The van der Waals surface area contributed by atoms with Gasteiger partial charge in [0, 0.05) is 0 Å². The van der Waals surface area contributed by atoms with Gasteiger partial charge in [0.05, 0.1) is 6.20 Å². The molecule has 9 heteroatoms. The molecule has 0 atom stereocenters. The number of hydrogen-bond donors (Lipinski definition) is 2. The Balaban J connectivity index is 2.43. The fraction of sp³-hybridized carbons (Fsp3) is 0.500. The molecule has 0 spiro atoms. The van der Waals surface area contributed by atoms with Gasteiger partial charge in [-0.1, -0.05) is 0 Å². The second kappa shape index (κ2) is 5.13. The maximum absolute atomic E-state index is 12.4. The number of alkyl halides is 4. The zero-order valence-electron chi connectivity index (χ0n) is 8.29. The van der Waals surface area contributed by atoms with Crippen molar-refractivity contribution in [3.05, 3.63) is 17.7 Å². The van der Waals surface area contributed by atoms with Crippen LogP contribution < -0.4 is 0 Å². The topological polar surface area (TPSA) is 75.2 Å². The number of aromatic amines is 1. The molecule has 0 bridgehead atoms. The molecule has 0 amide bonds. The van der Waals surface area contributed by atoms with E-state index in [2.05, 4.69) is 14.7 Å². The van der Waals surface area contributed by atoms with Gasteiger partial charge in [-0.2, -0.15) is 8.78 Å². The number of halogens is 4. The van der Waals surface area contributed by atoms with E-state index in [1.54, 1.807) is 0 Å². The number of aromatic carboxylic acids is 1. The molecule has 0 radical (unpaired) electrons. The van der Waals surface area contributed by atoms with E-state index < -0.39 is 31.5 Å². The fourth-order valence-electron chi connectivity index (χ4n) is 0.891. The van der Waals surface area contributed by atoms with Gasteiger partial charge in [0.25, 0.3) is 0 Å². The Morgan fingerprint density at radius 2 is 2.24 bits per heavy atom. The highest BCUT2D eigenvalue weighted by Gasteiger charge is 2.40. The molecule has 1 heterocycles. The molecule has 1 aromatic heterocycles. The third-order valence-electron chi connectivity index (χ3n) is 1.71. The minimum Gasteiger partial charge on any atom is -0.477 e. The highest BCUT2D eigenvalue weighted by atomic mass is 19.3. The SMILES string of the molecule is O=C(O)c1cnc(COCC(F)(F)C(F)F)[nH]1. The van der Waals surface area contributed by atoms with E-state index in [1.165, 1.54) is 0 Å². The van der Waals surface area contributed by atoms with Crippen LogP contribution in [0.25, 0.3) is 0 Å². The molecule has 2 N–H and O–H groups in total. The maximum atomic E-state index is 12.4. The molecular weight excluding hydrogens is 248 g/mol. The molecule has 0 aliphatic heterocycles. The van der Waals surface area contributed by atoms with Gasteiger partial charge >= 0.3 is 18.3 Å². The maximum Gasteiger partial charge on any atom is 0.353 e. The molecule has 1 aromatic rings. The van der Waals surface area contributed by atoms with Crippen LogP contribution in [0.1, 0.15) is 16.3 Å². The molecule has 17 heavy (non-hydrogen) atoms. The van der Waals surface area contributed by atoms with Gasteiger partial charge in [-0.15, -0.1) is 0 Å². The summed E-state index contributed by atoms with van der Waals surface area (Å²) < 4.78 is 52.5. The van der Waals surface area contributed by atoms with E-state index in [0.29, 0.717) is 0 Å². The van der Waals surface area contributed by atoms with Crippen LogP contribution in [0.3, 0.4) is 0 Å². The summed E-state index contributed by atoms with van der Waals surface area (Å²) in [5, 5.41) is 8.49. The highest BCUT2D eigenvalue weighted by molar-refractivity contribution is 5.84. The molecule has 0 aromatic carbocycles. The molecule has 0 aliphatic carbocycles. The number of nitrogens with one attached hydrogen (secondary N) is 1. The summed E-state index contributed by atoms with van der Waals surface area (Å²) in [4.78, 5) is 16.2. The number of carbonyl (C=O) groups is 1. The van der Waals surface area contributed by atoms with Gasteiger partial charge in [0.15, 0.2) is 0 Å². The summed E-state index contributed by atoms with van der Waals surface area (Å²) >= 11 is 0. The second-order valence-corrected chi connectivity index (χ2v) is 3.10. The first-order valence-electron chi connectivity index (χ1n) is 4.34. The normalized spacial score (nSPS) is 12.1. The van der Waals surface area contributed by atoms with E-state index in [-0.39, 0.29) is 11.5 Å². The molecular formula is C8H8F4N2O3. The Labute approximate surface area is 92.4 Å². The van der Waals surface area contributed by atoms with Crippen molar-refractivity contribution < 1.29 is 32.2 Å². The number of imidazole rings is 1. The van der Waals surface area contributed by atoms with E-state index in [4.69, 9.17) is 5.11 Å². The number of H-pyrrole nitrogens is 1. The molecule has 96 valence electrons. The van der Waals surface area contributed by atoms with Crippen molar-refractivity contribution in [1.29, 1.82) is 0 Å². The molecule has 1 rings (SSSR count). The molecule has 0 unspecified atom stereocenters. The Kier molecular flexibility index (Phi) is 4.05. The Bertz CT molecular complexity index is 394. The van der Waals surface area contributed by atoms with Crippen LogP contribution >= 0.6 is 0 Å². The molecule has 0 saturated carbocycles. The predicted octanol–water partition coefficient (Wildman–Crippen LogP) is 1.52. The van der Waals surface area contributed by atoms with Crippen LogP contribution in [-0.4, -0.2) is 40.0 Å². The number of nitrogens with zero attached hydrogens (tertiary/aromatic N) is 1. The summed E-state index contributed by atoms with van der Waals surface area (Å²) in [7, 11) is 0. The van der Waals surface area contributed by atoms with Gasteiger partial charge in [0.2, 0.25) is 0 Å². The van der Waals surface area contributed by atoms with Gasteiger partial charge in [0.1, 0.15) is 24.7 Å². The molecule has 5 nitrogen and oxygen atoms in total. The summed E-state index contributed by atoms with van der Waals surface area (Å²) in [6.45, 7) is -1.97. The third kappa shape index (κ3) is 3.70. The fourth-order valence-corrected chi connectivity index (χ4v) is 0.891. The summed E-state index contributed by atoms with van der Waals surface area (Å²) in [6.07, 6.45) is -2.85. The summed E-state index contributed by atoms with van der Waals surface area (Å²) in [6, 6.07) is 0. The molecule has 0 saturated heterocycles. The third-order valence-corrected chi connectivity index (χ3v) is 1.71. The van der Waals surface area contributed by atoms with Crippen LogP contribution in [0, 0.1) is 0 Å². The first-order valence-corrected chi connectivity index (χ1v) is 4.34. The largest absolute Gasteiger partial charge is 0.477 e. The minimum atomic E-state index is -4.23. The summed E-state index contributed by atoms with van der Waals surface area (Å²) in [5.41, 5.74) is -0.246. The Hall–Kier alpha value is -1.64. The lowest BCUT2D eigenvalue weighted by molar-refractivity contribution is -0.168. The van der Waals surface area contributed by atoms with Gasteiger partial charge in [-0.3, -0.25) is 0 Å². The molecule has 0 aliphatic rings. The average molecular weight is 256 g/mol. The lowest BCUT2D eigenvalue weighted by atomic mass is 10.4. The zero-order valence-corrected chi connectivity index (χ0v) is 8.29. The number of hydrogen-bond acceptors (Lipinski definition) is 3. The quantitative estimate of drug-likeness (QED) is 0.757. The number of carboxylic acids is 1. The van der Waals surface area contributed by atoms with Crippen LogP contribution in [0.4, 0.5) is 17.6 Å². The van der Waals surface area contributed by atoms with Crippen molar-refractivity contribution in [2.75, 3.05) is 6.61 Å². The van der Waals surface area contributed by atoms with Crippen LogP contribution in [0.15, 0.2) is 6.20 Å². The second-order valence-electron chi connectivity index (χ2n) is 3.10. The van der Waals surface area contributed by atoms with E-state index in [9.17, 15) is 22.4 Å². The van der Waals surface area contributed by atoms with Gasteiger partial charge < -0.3 is 14.8 Å². The first-order chi connectivity index (χ1) is 7.83. The first kappa shape index (κ1) is 13.4. The van der Waals surface area contributed by atoms with Crippen molar-refractivity contribution >= 4 is 5.97 Å². The highest BCUT2D eigenvalue weighted by Crippen LogP contribution is 2.23. The number of rotatable bonds is 6. The van der Waals surface area contributed by atoms with Crippen molar-refractivity contribution in [2.45, 2.75) is 19.0 Å².